The summed E-state index contributed by atoms with van der Waals surface area (Å²) in [7, 11) is 1.73. The lowest BCUT2D eigenvalue weighted by Gasteiger charge is -2.38. The Morgan fingerprint density at radius 3 is 2.67 bits per heavy atom. The minimum atomic E-state index is 0.149. The molecule has 0 radical (unpaired) electrons. The van der Waals surface area contributed by atoms with Crippen LogP contribution in [-0.2, 0) is 9.47 Å². The first-order valence-electron chi connectivity index (χ1n) is 8.17. The summed E-state index contributed by atoms with van der Waals surface area (Å²) < 4.78 is 11.5. The van der Waals surface area contributed by atoms with Crippen molar-refractivity contribution in [2.24, 2.45) is 0 Å². The number of likely N-dealkylation sites (N-methyl/N-ethyl adjacent to an activating group) is 1. The Balaban J connectivity index is 2.01. The van der Waals surface area contributed by atoms with Gasteiger partial charge in [0, 0.05) is 13.2 Å². The lowest BCUT2D eigenvalue weighted by Crippen LogP contribution is -2.46. The Bertz CT molecular complexity index is 395. The Hall–Kier alpha value is -0.900. The van der Waals surface area contributed by atoms with Gasteiger partial charge in [0.1, 0.15) is 0 Å². The standard InChI is InChI=1S/C18H29NO2/c1-4-19-17-11-10-16(15-8-6-5-7-9-15)12-18(17)21-14(2)13-20-3/h5-9,14,16-19H,4,10-13H2,1-3H3. The summed E-state index contributed by atoms with van der Waals surface area (Å²) in [5.74, 6) is 0.612. The number of rotatable bonds is 7. The van der Waals surface area contributed by atoms with Crippen LogP contribution in [0.4, 0.5) is 0 Å². The van der Waals surface area contributed by atoms with Gasteiger partial charge in [-0.2, -0.15) is 0 Å². The van der Waals surface area contributed by atoms with Crippen LogP contribution in [0.5, 0.6) is 0 Å². The lowest BCUT2D eigenvalue weighted by atomic mass is 9.80. The zero-order valence-corrected chi connectivity index (χ0v) is 13.5. The van der Waals surface area contributed by atoms with Crippen molar-refractivity contribution in [1.82, 2.24) is 5.32 Å². The first-order chi connectivity index (χ1) is 10.2. The molecule has 1 aromatic carbocycles. The fourth-order valence-electron chi connectivity index (χ4n) is 3.38. The summed E-state index contributed by atoms with van der Waals surface area (Å²) in [6.45, 7) is 5.92. The molecule has 0 spiro atoms. The molecule has 4 unspecified atom stereocenters. The second-order valence-corrected chi connectivity index (χ2v) is 6.03. The minimum Gasteiger partial charge on any atom is -0.382 e. The zero-order valence-electron chi connectivity index (χ0n) is 13.5. The molecule has 21 heavy (non-hydrogen) atoms. The van der Waals surface area contributed by atoms with Gasteiger partial charge < -0.3 is 14.8 Å². The number of hydrogen-bond acceptors (Lipinski definition) is 3. The van der Waals surface area contributed by atoms with Crippen molar-refractivity contribution >= 4 is 0 Å². The van der Waals surface area contributed by atoms with Crippen LogP contribution in [0.25, 0.3) is 0 Å². The molecule has 0 aromatic heterocycles. The molecule has 2 rings (SSSR count). The average molecular weight is 291 g/mol. The van der Waals surface area contributed by atoms with Crippen LogP contribution >= 0.6 is 0 Å². The number of hydrogen-bond donors (Lipinski definition) is 1. The van der Waals surface area contributed by atoms with Gasteiger partial charge in [-0.1, -0.05) is 37.3 Å². The monoisotopic (exact) mass is 291 g/mol. The van der Waals surface area contributed by atoms with Gasteiger partial charge in [-0.15, -0.1) is 0 Å². The summed E-state index contributed by atoms with van der Waals surface area (Å²) in [6.07, 6.45) is 3.93. The highest BCUT2D eigenvalue weighted by atomic mass is 16.5. The molecule has 0 amide bonds. The maximum Gasteiger partial charge on any atom is 0.0784 e. The number of methoxy groups -OCH3 is 1. The van der Waals surface area contributed by atoms with Crippen molar-refractivity contribution in [3.8, 4) is 0 Å². The molecule has 118 valence electrons. The van der Waals surface area contributed by atoms with Gasteiger partial charge in [0.05, 0.1) is 18.8 Å². The Morgan fingerprint density at radius 1 is 1.24 bits per heavy atom. The number of ether oxygens (including phenoxy) is 2. The van der Waals surface area contributed by atoms with E-state index in [-0.39, 0.29) is 12.2 Å². The molecule has 3 nitrogen and oxygen atoms in total. The van der Waals surface area contributed by atoms with Gasteiger partial charge in [-0.25, -0.2) is 0 Å². The fourth-order valence-corrected chi connectivity index (χ4v) is 3.38. The van der Waals surface area contributed by atoms with Crippen molar-refractivity contribution in [3.05, 3.63) is 35.9 Å². The molecule has 3 heteroatoms. The van der Waals surface area contributed by atoms with Crippen LogP contribution in [0.1, 0.15) is 44.6 Å². The van der Waals surface area contributed by atoms with Gasteiger partial charge in [0.15, 0.2) is 0 Å². The predicted octanol–water partition coefficient (Wildman–Crippen LogP) is 3.35. The van der Waals surface area contributed by atoms with Crippen molar-refractivity contribution in [1.29, 1.82) is 0 Å². The maximum absolute atomic E-state index is 6.26. The second-order valence-electron chi connectivity index (χ2n) is 6.03. The molecule has 1 aromatic rings. The van der Waals surface area contributed by atoms with Crippen LogP contribution < -0.4 is 5.32 Å². The Labute approximate surface area is 129 Å². The van der Waals surface area contributed by atoms with E-state index in [0.717, 1.165) is 13.0 Å². The molecule has 0 bridgehead atoms. The van der Waals surface area contributed by atoms with E-state index in [4.69, 9.17) is 9.47 Å². The summed E-state index contributed by atoms with van der Waals surface area (Å²) in [6, 6.07) is 11.3. The third-order valence-corrected chi connectivity index (χ3v) is 4.34. The highest BCUT2D eigenvalue weighted by Gasteiger charge is 2.32. The van der Waals surface area contributed by atoms with Crippen LogP contribution in [-0.4, -0.2) is 38.5 Å². The fraction of sp³-hybridized carbons (Fsp3) is 0.667. The van der Waals surface area contributed by atoms with E-state index in [9.17, 15) is 0 Å². The molecule has 1 N–H and O–H groups in total. The summed E-state index contributed by atoms with van der Waals surface area (Å²) in [4.78, 5) is 0. The van der Waals surface area contributed by atoms with Crippen LogP contribution in [0.15, 0.2) is 30.3 Å². The van der Waals surface area contributed by atoms with Gasteiger partial charge in [0.2, 0.25) is 0 Å². The molecule has 4 atom stereocenters. The van der Waals surface area contributed by atoms with Gasteiger partial charge in [0.25, 0.3) is 0 Å². The predicted molar refractivity (Wildman–Crippen MR) is 86.7 cm³/mol. The molecule has 1 saturated carbocycles. The highest BCUT2D eigenvalue weighted by molar-refractivity contribution is 5.20. The minimum absolute atomic E-state index is 0.149. The maximum atomic E-state index is 6.26. The van der Waals surface area contributed by atoms with E-state index in [0.29, 0.717) is 18.6 Å². The molecule has 1 fully saturated rings. The van der Waals surface area contributed by atoms with Crippen LogP contribution in [0.2, 0.25) is 0 Å². The zero-order chi connectivity index (χ0) is 15.1. The first kappa shape index (κ1) is 16.5. The smallest absolute Gasteiger partial charge is 0.0784 e. The Kier molecular flexibility index (Phi) is 6.68. The summed E-state index contributed by atoms with van der Waals surface area (Å²) in [5, 5.41) is 3.59. The van der Waals surface area contributed by atoms with E-state index < -0.39 is 0 Å². The normalized spacial score (nSPS) is 27.5. The van der Waals surface area contributed by atoms with Crippen molar-refractivity contribution < 1.29 is 9.47 Å². The largest absolute Gasteiger partial charge is 0.382 e. The topological polar surface area (TPSA) is 30.5 Å². The van der Waals surface area contributed by atoms with Gasteiger partial charge in [-0.3, -0.25) is 0 Å². The molecule has 0 aliphatic heterocycles. The third-order valence-electron chi connectivity index (χ3n) is 4.34. The van der Waals surface area contributed by atoms with E-state index in [1.165, 1.54) is 18.4 Å². The SMILES string of the molecule is CCNC1CCC(c2ccccc2)CC1OC(C)COC. The molecule has 1 aliphatic rings. The summed E-state index contributed by atoms with van der Waals surface area (Å²) in [5.41, 5.74) is 1.44. The molecule has 0 heterocycles. The van der Waals surface area contributed by atoms with Crippen molar-refractivity contribution in [2.75, 3.05) is 20.3 Å². The molecular weight excluding hydrogens is 262 g/mol. The van der Waals surface area contributed by atoms with E-state index in [1.807, 2.05) is 0 Å². The lowest BCUT2D eigenvalue weighted by molar-refractivity contribution is -0.0681. The molecule has 1 aliphatic carbocycles. The molecular formula is C18H29NO2. The quantitative estimate of drug-likeness (QED) is 0.835. The Morgan fingerprint density at radius 2 is 2.00 bits per heavy atom. The van der Waals surface area contributed by atoms with Gasteiger partial charge >= 0.3 is 0 Å². The first-order valence-corrected chi connectivity index (χ1v) is 8.17. The average Bonchev–Trinajstić information content (AvgIpc) is 2.50. The van der Waals surface area contributed by atoms with Crippen molar-refractivity contribution in [2.45, 2.75) is 57.3 Å². The van der Waals surface area contributed by atoms with Gasteiger partial charge in [-0.05, 0) is 44.2 Å². The van der Waals surface area contributed by atoms with E-state index in [1.54, 1.807) is 7.11 Å². The molecule has 0 saturated heterocycles. The van der Waals surface area contributed by atoms with E-state index in [2.05, 4.69) is 49.5 Å². The van der Waals surface area contributed by atoms with Crippen molar-refractivity contribution in [3.63, 3.8) is 0 Å². The highest BCUT2D eigenvalue weighted by Crippen LogP contribution is 2.34. The number of nitrogens with one attached hydrogen (secondary N) is 1. The van der Waals surface area contributed by atoms with Crippen LogP contribution in [0.3, 0.4) is 0 Å². The summed E-state index contributed by atoms with van der Waals surface area (Å²) >= 11 is 0. The van der Waals surface area contributed by atoms with Crippen LogP contribution in [0, 0.1) is 0 Å². The second kappa shape index (κ2) is 8.52. The van der Waals surface area contributed by atoms with E-state index >= 15 is 0 Å². The third kappa shape index (κ3) is 4.80. The number of benzene rings is 1.